The number of phenols is 4. The molecule has 0 bridgehead atoms. The summed E-state index contributed by atoms with van der Waals surface area (Å²) in [4.78, 5) is 0. The molecule has 4 rings (SSSR count). The van der Waals surface area contributed by atoms with E-state index >= 15 is 0 Å². The first-order chi connectivity index (χ1) is 16.4. The molecule has 4 N–H and O–H groups in total. The standard InChI is InChI=1S/C29H28O5/c1-34-18-21-6-11-28(32)23(14-21)15-22-16-24(12-19-2-7-26(30)8-3-19)29(33)25(17-22)13-20-4-9-27(31)10-5-20/h2-11,14,16-17,30-33H,12-13,15,18H2,1H3. The molecule has 0 saturated heterocycles. The Balaban J connectivity index is 1.72. The minimum atomic E-state index is 0.196. The smallest absolute Gasteiger partial charge is 0.122 e. The summed E-state index contributed by atoms with van der Waals surface area (Å²) in [7, 11) is 1.64. The molecule has 0 radical (unpaired) electrons. The van der Waals surface area contributed by atoms with Crippen molar-refractivity contribution in [2.45, 2.75) is 25.9 Å². The van der Waals surface area contributed by atoms with Crippen LogP contribution in [0, 0.1) is 0 Å². The number of methoxy groups -OCH3 is 1. The Kier molecular flexibility index (Phi) is 7.04. The first-order valence-corrected chi connectivity index (χ1v) is 11.1. The van der Waals surface area contributed by atoms with E-state index in [1.807, 2.05) is 48.5 Å². The molecule has 5 nitrogen and oxygen atoms in total. The van der Waals surface area contributed by atoms with Gasteiger partial charge in [0, 0.05) is 26.4 Å². The summed E-state index contributed by atoms with van der Waals surface area (Å²) in [5.41, 5.74) is 6.19. The third-order valence-corrected chi connectivity index (χ3v) is 5.84. The van der Waals surface area contributed by atoms with Gasteiger partial charge in [0.2, 0.25) is 0 Å². The molecule has 0 aliphatic rings. The molecule has 0 aliphatic heterocycles. The van der Waals surface area contributed by atoms with Gasteiger partial charge in [0.05, 0.1) is 6.61 Å². The van der Waals surface area contributed by atoms with Crippen LogP contribution in [0.3, 0.4) is 0 Å². The van der Waals surface area contributed by atoms with Gasteiger partial charge in [-0.25, -0.2) is 0 Å². The predicted molar refractivity (Wildman–Crippen MR) is 132 cm³/mol. The van der Waals surface area contributed by atoms with Crippen LogP contribution in [0.2, 0.25) is 0 Å². The van der Waals surface area contributed by atoms with Crippen LogP contribution in [0.4, 0.5) is 0 Å². The lowest BCUT2D eigenvalue weighted by molar-refractivity contribution is 0.185. The third-order valence-electron chi connectivity index (χ3n) is 5.84. The zero-order chi connectivity index (χ0) is 24.1. The molecule has 0 heterocycles. The molecule has 0 aromatic heterocycles. The first-order valence-electron chi connectivity index (χ1n) is 11.1. The fraction of sp³-hybridized carbons (Fsp3) is 0.172. The molecule has 174 valence electrons. The van der Waals surface area contributed by atoms with E-state index in [9.17, 15) is 20.4 Å². The van der Waals surface area contributed by atoms with Gasteiger partial charge in [-0.3, -0.25) is 0 Å². The Hall–Kier alpha value is -3.96. The van der Waals surface area contributed by atoms with Crippen molar-refractivity contribution in [1.29, 1.82) is 0 Å². The van der Waals surface area contributed by atoms with Gasteiger partial charge < -0.3 is 25.2 Å². The highest BCUT2D eigenvalue weighted by atomic mass is 16.5. The monoisotopic (exact) mass is 456 g/mol. The average Bonchev–Trinajstić information content (AvgIpc) is 2.82. The fourth-order valence-corrected chi connectivity index (χ4v) is 4.13. The maximum absolute atomic E-state index is 11.1. The number of hydrogen-bond acceptors (Lipinski definition) is 5. The van der Waals surface area contributed by atoms with E-state index in [0.717, 1.165) is 38.9 Å². The van der Waals surface area contributed by atoms with Crippen LogP contribution >= 0.6 is 0 Å². The Bertz CT molecular complexity index is 1190. The number of aromatic hydroxyl groups is 4. The summed E-state index contributed by atoms with van der Waals surface area (Å²) in [6, 6.07) is 23.2. The molecule has 0 amide bonds. The van der Waals surface area contributed by atoms with Crippen molar-refractivity contribution in [2.24, 2.45) is 0 Å². The summed E-state index contributed by atoms with van der Waals surface area (Å²) in [6.07, 6.45) is 1.49. The van der Waals surface area contributed by atoms with Gasteiger partial charge in [0.1, 0.15) is 23.0 Å². The lowest BCUT2D eigenvalue weighted by Crippen LogP contribution is -2.00. The molecule has 34 heavy (non-hydrogen) atoms. The van der Waals surface area contributed by atoms with Crippen LogP contribution in [-0.2, 0) is 30.6 Å². The topological polar surface area (TPSA) is 90.2 Å². The number of benzene rings is 4. The number of ether oxygens (including phenoxy) is 1. The zero-order valence-electron chi connectivity index (χ0n) is 19.0. The summed E-state index contributed by atoms with van der Waals surface area (Å²) in [5, 5.41) is 40.8. The Morgan fingerprint density at radius 1 is 0.529 bits per heavy atom. The van der Waals surface area contributed by atoms with Crippen molar-refractivity contribution in [3.05, 3.63) is 118 Å². The summed E-state index contributed by atoms with van der Waals surface area (Å²) in [5.74, 6) is 0.831. The van der Waals surface area contributed by atoms with Gasteiger partial charge in [-0.15, -0.1) is 0 Å². The van der Waals surface area contributed by atoms with Gasteiger partial charge in [0.25, 0.3) is 0 Å². The first kappa shape index (κ1) is 23.2. The van der Waals surface area contributed by atoms with Crippen molar-refractivity contribution < 1.29 is 25.2 Å². The lowest BCUT2D eigenvalue weighted by Gasteiger charge is -2.15. The van der Waals surface area contributed by atoms with Gasteiger partial charge in [-0.05, 0) is 75.3 Å². The van der Waals surface area contributed by atoms with E-state index in [-0.39, 0.29) is 23.0 Å². The minimum Gasteiger partial charge on any atom is -0.508 e. The predicted octanol–water partition coefficient (Wildman–Crippen LogP) is 5.43. The van der Waals surface area contributed by atoms with Crippen molar-refractivity contribution in [1.82, 2.24) is 0 Å². The quantitative estimate of drug-likeness (QED) is 0.284. The fourth-order valence-electron chi connectivity index (χ4n) is 4.13. The SMILES string of the molecule is COCc1ccc(O)c(Cc2cc(Cc3ccc(O)cc3)c(O)c(Cc3ccc(O)cc3)c2)c1. The van der Waals surface area contributed by atoms with Gasteiger partial charge in [0.15, 0.2) is 0 Å². The zero-order valence-corrected chi connectivity index (χ0v) is 19.0. The lowest BCUT2D eigenvalue weighted by atomic mass is 9.92. The number of rotatable bonds is 8. The second-order valence-electron chi connectivity index (χ2n) is 8.52. The van der Waals surface area contributed by atoms with Crippen LogP contribution in [0.1, 0.15) is 38.9 Å². The molecule has 0 aliphatic carbocycles. The third kappa shape index (κ3) is 5.69. The molecule has 4 aromatic carbocycles. The van der Waals surface area contributed by atoms with Crippen LogP contribution in [0.25, 0.3) is 0 Å². The molecule has 0 spiro atoms. The van der Waals surface area contributed by atoms with E-state index in [0.29, 0.717) is 25.9 Å². The van der Waals surface area contributed by atoms with Gasteiger partial charge >= 0.3 is 0 Å². The molecule has 0 fully saturated rings. The molecule has 4 aromatic rings. The van der Waals surface area contributed by atoms with Crippen molar-refractivity contribution >= 4 is 0 Å². The van der Waals surface area contributed by atoms with Crippen LogP contribution < -0.4 is 0 Å². The highest BCUT2D eigenvalue weighted by molar-refractivity contribution is 5.50. The highest BCUT2D eigenvalue weighted by Crippen LogP contribution is 2.32. The Morgan fingerprint density at radius 2 is 0.971 bits per heavy atom. The summed E-state index contributed by atoms with van der Waals surface area (Å²) >= 11 is 0. The second-order valence-corrected chi connectivity index (χ2v) is 8.52. The highest BCUT2D eigenvalue weighted by Gasteiger charge is 2.14. The van der Waals surface area contributed by atoms with Crippen LogP contribution in [-0.4, -0.2) is 27.5 Å². The van der Waals surface area contributed by atoms with E-state index in [2.05, 4.69) is 0 Å². The molecule has 0 atom stereocenters. The average molecular weight is 457 g/mol. The van der Waals surface area contributed by atoms with Crippen LogP contribution in [0.5, 0.6) is 23.0 Å². The maximum Gasteiger partial charge on any atom is 0.122 e. The molecular formula is C29H28O5. The van der Waals surface area contributed by atoms with E-state index < -0.39 is 0 Å². The number of hydrogen-bond donors (Lipinski definition) is 4. The Labute approximate surface area is 199 Å². The van der Waals surface area contributed by atoms with Crippen molar-refractivity contribution in [2.75, 3.05) is 7.11 Å². The second kappa shape index (κ2) is 10.3. The summed E-state index contributed by atoms with van der Waals surface area (Å²) < 4.78 is 5.23. The number of phenolic OH excluding ortho intramolecular Hbond substituents is 4. The normalized spacial score (nSPS) is 11.0. The molecule has 0 saturated carbocycles. The molecule has 5 heteroatoms. The minimum absolute atomic E-state index is 0.196. The van der Waals surface area contributed by atoms with Gasteiger partial charge in [-0.1, -0.05) is 42.5 Å². The largest absolute Gasteiger partial charge is 0.508 e. The van der Waals surface area contributed by atoms with E-state index in [1.54, 1.807) is 37.4 Å². The van der Waals surface area contributed by atoms with E-state index in [4.69, 9.17) is 4.74 Å². The molecule has 0 unspecified atom stereocenters. The summed E-state index contributed by atoms with van der Waals surface area (Å²) in [6.45, 7) is 0.459. The maximum atomic E-state index is 11.1. The van der Waals surface area contributed by atoms with Crippen molar-refractivity contribution in [3.8, 4) is 23.0 Å². The van der Waals surface area contributed by atoms with Gasteiger partial charge in [-0.2, -0.15) is 0 Å². The van der Waals surface area contributed by atoms with E-state index in [1.165, 1.54) is 0 Å². The van der Waals surface area contributed by atoms with Crippen LogP contribution in [0.15, 0.2) is 78.9 Å². The Morgan fingerprint density at radius 3 is 1.47 bits per heavy atom. The van der Waals surface area contributed by atoms with Crippen molar-refractivity contribution in [3.63, 3.8) is 0 Å². The molecular weight excluding hydrogens is 428 g/mol.